The maximum atomic E-state index is 12.2. The van der Waals surface area contributed by atoms with Gasteiger partial charge in [-0.1, -0.05) is 13.8 Å². The highest BCUT2D eigenvalue weighted by Gasteiger charge is 2.21. The minimum Gasteiger partial charge on any atom is -0.497 e. The van der Waals surface area contributed by atoms with E-state index in [-0.39, 0.29) is 10.8 Å². The molecular weight excluding hydrogens is 292 g/mol. The van der Waals surface area contributed by atoms with Gasteiger partial charge in [-0.3, -0.25) is 4.79 Å². The molecule has 0 aliphatic carbocycles. The number of benzene rings is 1. The SMILES string of the molecule is COc1ccc(S(=O)(=O)N[C@H](C)C(=O)NCC(C)C)cc1. The van der Waals surface area contributed by atoms with Crippen LogP contribution in [0.1, 0.15) is 20.8 Å². The molecule has 0 fully saturated rings. The predicted octanol–water partition coefficient (Wildman–Crippen LogP) is 1.13. The lowest BCUT2D eigenvalue weighted by Crippen LogP contribution is -2.45. The molecule has 7 heteroatoms. The van der Waals surface area contributed by atoms with Crippen LogP contribution in [0.4, 0.5) is 0 Å². The van der Waals surface area contributed by atoms with Crippen molar-refractivity contribution >= 4 is 15.9 Å². The number of sulfonamides is 1. The molecule has 6 nitrogen and oxygen atoms in total. The molecule has 0 unspecified atom stereocenters. The monoisotopic (exact) mass is 314 g/mol. The molecule has 0 heterocycles. The molecule has 0 spiro atoms. The van der Waals surface area contributed by atoms with Crippen LogP contribution >= 0.6 is 0 Å². The Balaban J connectivity index is 2.72. The molecule has 1 amide bonds. The molecule has 0 radical (unpaired) electrons. The first-order valence-corrected chi connectivity index (χ1v) is 8.18. The van der Waals surface area contributed by atoms with Crippen LogP contribution < -0.4 is 14.8 Å². The second kappa shape index (κ2) is 7.42. The van der Waals surface area contributed by atoms with Crippen LogP contribution in [0.5, 0.6) is 5.75 Å². The Morgan fingerprint density at radius 1 is 1.19 bits per heavy atom. The summed E-state index contributed by atoms with van der Waals surface area (Å²) in [7, 11) is -2.23. The van der Waals surface area contributed by atoms with Crippen molar-refractivity contribution in [2.75, 3.05) is 13.7 Å². The van der Waals surface area contributed by atoms with E-state index in [0.717, 1.165) is 0 Å². The first-order chi connectivity index (χ1) is 9.76. The molecular formula is C14H22N2O4S. The Bertz CT molecular complexity index is 567. The van der Waals surface area contributed by atoms with Crippen LogP contribution in [0.2, 0.25) is 0 Å². The molecule has 1 aromatic carbocycles. The van der Waals surface area contributed by atoms with Crippen LogP contribution in [0.3, 0.4) is 0 Å². The van der Waals surface area contributed by atoms with E-state index in [9.17, 15) is 13.2 Å². The molecule has 0 saturated carbocycles. The molecule has 1 aromatic rings. The fourth-order valence-electron chi connectivity index (χ4n) is 1.57. The van der Waals surface area contributed by atoms with Gasteiger partial charge in [-0.15, -0.1) is 0 Å². The molecule has 0 saturated heterocycles. The van der Waals surface area contributed by atoms with Crippen LogP contribution in [-0.4, -0.2) is 34.0 Å². The van der Waals surface area contributed by atoms with E-state index in [0.29, 0.717) is 18.2 Å². The van der Waals surface area contributed by atoms with Crippen molar-refractivity contribution in [3.63, 3.8) is 0 Å². The average molecular weight is 314 g/mol. The highest BCUT2D eigenvalue weighted by Crippen LogP contribution is 2.15. The Hall–Kier alpha value is -1.60. The molecule has 1 rings (SSSR count). The van der Waals surface area contributed by atoms with Gasteiger partial charge in [0.15, 0.2) is 0 Å². The lowest BCUT2D eigenvalue weighted by atomic mass is 10.2. The second-order valence-electron chi connectivity index (χ2n) is 5.16. The van der Waals surface area contributed by atoms with E-state index < -0.39 is 16.1 Å². The van der Waals surface area contributed by atoms with Crippen molar-refractivity contribution in [3.05, 3.63) is 24.3 Å². The first-order valence-electron chi connectivity index (χ1n) is 6.70. The average Bonchev–Trinajstić information content (AvgIpc) is 2.44. The van der Waals surface area contributed by atoms with Crippen LogP contribution in [-0.2, 0) is 14.8 Å². The lowest BCUT2D eigenvalue weighted by molar-refractivity contribution is -0.122. The van der Waals surface area contributed by atoms with Gasteiger partial charge in [0.1, 0.15) is 5.75 Å². The third kappa shape index (κ3) is 5.35. The third-order valence-corrected chi connectivity index (χ3v) is 4.34. The van der Waals surface area contributed by atoms with E-state index >= 15 is 0 Å². The summed E-state index contributed by atoms with van der Waals surface area (Å²) in [6, 6.07) is 5.13. The van der Waals surface area contributed by atoms with Crippen molar-refractivity contribution in [2.45, 2.75) is 31.7 Å². The van der Waals surface area contributed by atoms with E-state index in [1.54, 1.807) is 12.1 Å². The van der Waals surface area contributed by atoms with Crippen molar-refractivity contribution in [2.24, 2.45) is 5.92 Å². The minimum absolute atomic E-state index is 0.0896. The zero-order valence-electron chi connectivity index (χ0n) is 12.7. The van der Waals surface area contributed by atoms with Crippen LogP contribution in [0.25, 0.3) is 0 Å². The fourth-order valence-corrected chi connectivity index (χ4v) is 2.77. The smallest absolute Gasteiger partial charge is 0.241 e. The molecule has 2 N–H and O–H groups in total. The fraction of sp³-hybridized carbons (Fsp3) is 0.500. The number of ether oxygens (including phenoxy) is 1. The second-order valence-corrected chi connectivity index (χ2v) is 6.87. The summed E-state index contributed by atoms with van der Waals surface area (Å²) >= 11 is 0. The van der Waals surface area contributed by atoms with E-state index in [1.807, 2.05) is 13.8 Å². The van der Waals surface area contributed by atoms with Crippen LogP contribution in [0.15, 0.2) is 29.2 Å². The molecule has 0 aliphatic rings. The van der Waals surface area contributed by atoms with Gasteiger partial charge in [0.25, 0.3) is 0 Å². The van der Waals surface area contributed by atoms with Gasteiger partial charge in [0, 0.05) is 6.54 Å². The van der Waals surface area contributed by atoms with Gasteiger partial charge in [0.2, 0.25) is 15.9 Å². The van der Waals surface area contributed by atoms with Crippen molar-refractivity contribution in [1.29, 1.82) is 0 Å². The molecule has 21 heavy (non-hydrogen) atoms. The quantitative estimate of drug-likeness (QED) is 0.790. The summed E-state index contributed by atoms with van der Waals surface area (Å²) in [6.45, 7) is 5.95. The van der Waals surface area contributed by atoms with Crippen molar-refractivity contribution in [3.8, 4) is 5.75 Å². The Morgan fingerprint density at radius 3 is 2.24 bits per heavy atom. The summed E-state index contributed by atoms with van der Waals surface area (Å²) in [4.78, 5) is 11.9. The summed E-state index contributed by atoms with van der Waals surface area (Å²) in [5.41, 5.74) is 0. The van der Waals surface area contributed by atoms with Gasteiger partial charge in [-0.25, -0.2) is 8.42 Å². The molecule has 0 aliphatic heterocycles. The number of carbonyl (C=O) groups excluding carboxylic acids is 1. The number of methoxy groups -OCH3 is 1. The first kappa shape index (κ1) is 17.5. The normalized spacial score (nSPS) is 13.0. The maximum Gasteiger partial charge on any atom is 0.241 e. The van der Waals surface area contributed by atoms with E-state index in [4.69, 9.17) is 4.74 Å². The predicted molar refractivity (Wildman–Crippen MR) is 80.6 cm³/mol. The van der Waals surface area contributed by atoms with E-state index in [2.05, 4.69) is 10.0 Å². The number of amides is 1. The highest BCUT2D eigenvalue weighted by atomic mass is 32.2. The molecule has 0 bridgehead atoms. The van der Waals surface area contributed by atoms with Gasteiger partial charge in [-0.05, 0) is 37.1 Å². The zero-order chi connectivity index (χ0) is 16.0. The van der Waals surface area contributed by atoms with Gasteiger partial charge in [-0.2, -0.15) is 4.72 Å². The van der Waals surface area contributed by atoms with Gasteiger partial charge in [0.05, 0.1) is 18.0 Å². The molecule has 1 atom stereocenters. The summed E-state index contributed by atoms with van der Waals surface area (Å²) in [6.07, 6.45) is 0. The van der Waals surface area contributed by atoms with Gasteiger partial charge < -0.3 is 10.1 Å². The largest absolute Gasteiger partial charge is 0.497 e. The number of hydrogen-bond donors (Lipinski definition) is 2. The van der Waals surface area contributed by atoms with Crippen LogP contribution in [0, 0.1) is 5.92 Å². The van der Waals surface area contributed by atoms with Crippen molar-refractivity contribution < 1.29 is 17.9 Å². The van der Waals surface area contributed by atoms with E-state index in [1.165, 1.54) is 26.2 Å². The zero-order valence-corrected chi connectivity index (χ0v) is 13.5. The lowest BCUT2D eigenvalue weighted by Gasteiger charge is -2.15. The number of nitrogens with one attached hydrogen (secondary N) is 2. The number of rotatable bonds is 7. The summed E-state index contributed by atoms with van der Waals surface area (Å²) in [5.74, 6) is 0.525. The number of hydrogen-bond acceptors (Lipinski definition) is 4. The Kier molecular flexibility index (Phi) is 6.17. The maximum absolute atomic E-state index is 12.2. The minimum atomic E-state index is -3.73. The molecule has 118 valence electrons. The Morgan fingerprint density at radius 2 is 1.76 bits per heavy atom. The summed E-state index contributed by atoms with van der Waals surface area (Å²) in [5, 5.41) is 2.69. The number of carbonyl (C=O) groups is 1. The standard InChI is InChI=1S/C14H22N2O4S/c1-10(2)9-15-14(17)11(3)16-21(18,19)13-7-5-12(20-4)6-8-13/h5-8,10-11,16H,9H2,1-4H3,(H,15,17)/t11-/m1/s1. The summed E-state index contributed by atoms with van der Waals surface area (Å²) < 4.78 is 31.6. The molecule has 0 aromatic heterocycles. The Labute approximate surface area is 125 Å². The topological polar surface area (TPSA) is 84.5 Å². The third-order valence-electron chi connectivity index (χ3n) is 2.78. The highest BCUT2D eigenvalue weighted by molar-refractivity contribution is 7.89. The van der Waals surface area contributed by atoms with Gasteiger partial charge >= 0.3 is 0 Å². The van der Waals surface area contributed by atoms with Crippen molar-refractivity contribution in [1.82, 2.24) is 10.0 Å².